The van der Waals surface area contributed by atoms with Gasteiger partial charge in [0.25, 0.3) is 5.69 Å². The second-order valence-electron chi connectivity index (χ2n) is 3.70. The quantitative estimate of drug-likeness (QED) is 0.624. The first-order valence-corrected chi connectivity index (χ1v) is 6.14. The first-order chi connectivity index (χ1) is 8.08. The Morgan fingerprint density at radius 3 is 2.82 bits per heavy atom. The molecule has 5 nitrogen and oxygen atoms in total. The molecule has 0 fully saturated rings. The molecule has 1 aromatic rings. The molecule has 0 amide bonds. The van der Waals surface area contributed by atoms with Gasteiger partial charge in [-0.3, -0.25) is 10.1 Å². The van der Waals surface area contributed by atoms with E-state index in [4.69, 9.17) is 5.11 Å². The van der Waals surface area contributed by atoms with Gasteiger partial charge in [-0.1, -0.05) is 22.9 Å². The number of halogens is 1. The van der Waals surface area contributed by atoms with E-state index in [0.717, 1.165) is 6.42 Å². The van der Waals surface area contributed by atoms with Crippen molar-refractivity contribution >= 4 is 21.6 Å². The van der Waals surface area contributed by atoms with Gasteiger partial charge in [0, 0.05) is 28.7 Å². The molecule has 6 heteroatoms. The number of hydrogen-bond acceptors (Lipinski definition) is 4. The third-order valence-electron chi connectivity index (χ3n) is 2.54. The molecule has 0 radical (unpaired) electrons. The maximum absolute atomic E-state index is 10.9. The van der Waals surface area contributed by atoms with Crippen LogP contribution in [0.25, 0.3) is 0 Å². The van der Waals surface area contributed by atoms with Crippen LogP contribution >= 0.6 is 15.9 Å². The molecule has 0 saturated carbocycles. The van der Waals surface area contributed by atoms with Gasteiger partial charge in [0.05, 0.1) is 11.5 Å². The normalized spacial score (nSPS) is 12.4. The lowest BCUT2D eigenvalue weighted by Crippen LogP contribution is -2.31. The van der Waals surface area contributed by atoms with E-state index in [0.29, 0.717) is 16.6 Å². The molecule has 0 bridgehead atoms. The molecule has 1 rings (SSSR count). The summed E-state index contributed by atoms with van der Waals surface area (Å²) in [6, 6.07) is 4.93. The Morgan fingerprint density at radius 2 is 2.29 bits per heavy atom. The van der Waals surface area contributed by atoms with E-state index >= 15 is 0 Å². The molecule has 0 heterocycles. The lowest BCUT2D eigenvalue weighted by molar-refractivity contribution is -0.385. The second kappa shape index (κ2) is 6.68. The van der Waals surface area contributed by atoms with Crippen molar-refractivity contribution in [3.63, 3.8) is 0 Å². The number of aliphatic hydroxyl groups is 1. The van der Waals surface area contributed by atoms with Crippen molar-refractivity contribution in [2.45, 2.75) is 25.9 Å². The van der Waals surface area contributed by atoms with Gasteiger partial charge in [-0.25, -0.2) is 0 Å². The first-order valence-electron chi connectivity index (χ1n) is 5.35. The van der Waals surface area contributed by atoms with Crippen LogP contribution in [0.15, 0.2) is 22.7 Å². The number of nitrogens with zero attached hydrogens (tertiary/aromatic N) is 1. The zero-order chi connectivity index (χ0) is 12.8. The van der Waals surface area contributed by atoms with Crippen molar-refractivity contribution in [3.8, 4) is 0 Å². The monoisotopic (exact) mass is 302 g/mol. The van der Waals surface area contributed by atoms with Crippen molar-refractivity contribution < 1.29 is 10.0 Å². The lowest BCUT2D eigenvalue weighted by Gasteiger charge is -2.13. The molecule has 1 aromatic carbocycles. The molecular weight excluding hydrogens is 288 g/mol. The number of nitro benzene ring substituents is 1. The fraction of sp³-hybridized carbons (Fsp3) is 0.455. The van der Waals surface area contributed by atoms with Gasteiger partial charge in [-0.2, -0.15) is 0 Å². The molecule has 0 spiro atoms. The highest BCUT2D eigenvalue weighted by Crippen LogP contribution is 2.23. The Hall–Kier alpha value is -0.980. The van der Waals surface area contributed by atoms with E-state index in [1.54, 1.807) is 12.1 Å². The van der Waals surface area contributed by atoms with Crippen LogP contribution in [-0.4, -0.2) is 22.7 Å². The molecule has 1 atom stereocenters. The topological polar surface area (TPSA) is 75.4 Å². The van der Waals surface area contributed by atoms with Crippen molar-refractivity contribution in [3.05, 3.63) is 38.3 Å². The molecule has 94 valence electrons. The van der Waals surface area contributed by atoms with Gasteiger partial charge < -0.3 is 10.4 Å². The molecule has 0 aromatic heterocycles. The highest BCUT2D eigenvalue weighted by molar-refractivity contribution is 9.10. The zero-order valence-corrected chi connectivity index (χ0v) is 11.1. The van der Waals surface area contributed by atoms with Crippen LogP contribution in [-0.2, 0) is 6.54 Å². The van der Waals surface area contributed by atoms with E-state index in [1.165, 1.54) is 6.07 Å². The Labute approximate surface area is 108 Å². The van der Waals surface area contributed by atoms with E-state index in [9.17, 15) is 10.1 Å². The first kappa shape index (κ1) is 14.1. The smallest absolute Gasteiger partial charge is 0.275 e. The van der Waals surface area contributed by atoms with Gasteiger partial charge in [-0.05, 0) is 18.6 Å². The van der Waals surface area contributed by atoms with Gasteiger partial charge in [-0.15, -0.1) is 0 Å². The predicted octanol–water partition coefficient (Wildman–Crippen LogP) is 2.22. The van der Waals surface area contributed by atoms with E-state index in [-0.39, 0.29) is 18.3 Å². The molecule has 1 unspecified atom stereocenters. The number of nitrogens with one attached hydrogen (secondary N) is 1. The number of aliphatic hydroxyl groups excluding tert-OH is 1. The summed E-state index contributed by atoms with van der Waals surface area (Å²) in [5, 5.41) is 23.0. The summed E-state index contributed by atoms with van der Waals surface area (Å²) in [4.78, 5) is 10.5. The van der Waals surface area contributed by atoms with E-state index in [2.05, 4.69) is 21.2 Å². The van der Waals surface area contributed by atoms with Crippen LogP contribution < -0.4 is 5.32 Å². The van der Waals surface area contributed by atoms with Gasteiger partial charge in [0.2, 0.25) is 0 Å². The molecule has 2 N–H and O–H groups in total. The summed E-state index contributed by atoms with van der Waals surface area (Å²) in [5.74, 6) is 0. The van der Waals surface area contributed by atoms with Gasteiger partial charge >= 0.3 is 0 Å². The third kappa shape index (κ3) is 4.07. The van der Waals surface area contributed by atoms with Crippen molar-refractivity contribution in [1.82, 2.24) is 5.32 Å². The summed E-state index contributed by atoms with van der Waals surface area (Å²) in [5.41, 5.74) is 0.699. The fourth-order valence-corrected chi connectivity index (χ4v) is 1.80. The summed E-state index contributed by atoms with van der Waals surface area (Å²) in [7, 11) is 0. The Morgan fingerprint density at radius 1 is 1.59 bits per heavy atom. The Bertz CT molecular complexity index is 394. The average molecular weight is 303 g/mol. The minimum Gasteiger partial charge on any atom is -0.395 e. The molecular formula is C11H15BrN2O3. The van der Waals surface area contributed by atoms with Crippen LogP contribution in [0.1, 0.15) is 18.9 Å². The maximum atomic E-state index is 10.9. The van der Waals surface area contributed by atoms with Crippen molar-refractivity contribution in [1.29, 1.82) is 0 Å². The highest BCUT2D eigenvalue weighted by atomic mass is 79.9. The molecule has 0 aliphatic rings. The maximum Gasteiger partial charge on any atom is 0.275 e. The zero-order valence-electron chi connectivity index (χ0n) is 9.52. The third-order valence-corrected chi connectivity index (χ3v) is 3.03. The number of benzene rings is 1. The van der Waals surface area contributed by atoms with E-state index in [1.807, 2.05) is 6.92 Å². The number of hydrogen-bond donors (Lipinski definition) is 2. The summed E-state index contributed by atoms with van der Waals surface area (Å²) >= 11 is 3.21. The Kier molecular flexibility index (Phi) is 5.54. The fourth-order valence-electron chi connectivity index (χ4n) is 1.45. The summed E-state index contributed by atoms with van der Waals surface area (Å²) in [6.45, 7) is 2.35. The Balaban J connectivity index is 2.80. The second-order valence-corrected chi connectivity index (χ2v) is 4.61. The standard InChI is InChI=1S/C11H15BrN2O3/c1-2-10(7-15)13-6-8-3-4-9(12)5-11(8)14(16)17/h3-5,10,13,15H,2,6-7H2,1H3. The molecule has 0 saturated heterocycles. The molecule has 0 aliphatic heterocycles. The van der Waals surface area contributed by atoms with Gasteiger partial charge in [0.1, 0.15) is 0 Å². The van der Waals surface area contributed by atoms with E-state index < -0.39 is 4.92 Å². The summed E-state index contributed by atoms with van der Waals surface area (Å²) in [6.07, 6.45) is 0.779. The van der Waals surface area contributed by atoms with Crippen molar-refractivity contribution in [2.75, 3.05) is 6.61 Å². The molecule has 0 aliphatic carbocycles. The predicted molar refractivity (Wildman–Crippen MR) is 68.8 cm³/mol. The van der Waals surface area contributed by atoms with Crippen LogP contribution in [0.4, 0.5) is 5.69 Å². The summed E-state index contributed by atoms with van der Waals surface area (Å²) < 4.78 is 0.683. The van der Waals surface area contributed by atoms with Crippen LogP contribution in [0.3, 0.4) is 0 Å². The van der Waals surface area contributed by atoms with Crippen LogP contribution in [0.2, 0.25) is 0 Å². The van der Waals surface area contributed by atoms with Crippen LogP contribution in [0, 0.1) is 10.1 Å². The largest absolute Gasteiger partial charge is 0.395 e. The lowest BCUT2D eigenvalue weighted by atomic mass is 10.1. The number of rotatable bonds is 6. The van der Waals surface area contributed by atoms with Crippen molar-refractivity contribution in [2.24, 2.45) is 0 Å². The average Bonchev–Trinajstić information content (AvgIpc) is 2.31. The molecule has 17 heavy (non-hydrogen) atoms. The SMILES string of the molecule is CCC(CO)NCc1ccc(Br)cc1[N+](=O)[O-]. The highest BCUT2D eigenvalue weighted by Gasteiger charge is 2.14. The van der Waals surface area contributed by atoms with Crippen LogP contribution in [0.5, 0.6) is 0 Å². The minimum absolute atomic E-state index is 0.0286. The number of nitro groups is 1. The van der Waals surface area contributed by atoms with Gasteiger partial charge in [0.15, 0.2) is 0 Å². The minimum atomic E-state index is -0.401.